The average Bonchev–Trinajstić information content (AvgIpc) is 2.36. The van der Waals surface area contributed by atoms with Gasteiger partial charge >= 0.3 is 0 Å². The second-order valence-corrected chi connectivity index (χ2v) is 3.94. The number of aromatic nitrogens is 2. The maximum absolute atomic E-state index is 13.1. The van der Waals surface area contributed by atoms with Crippen LogP contribution in [0.5, 0.6) is 0 Å². The lowest BCUT2D eigenvalue weighted by atomic mass is 10.2. The average molecular weight is 284 g/mol. The van der Waals surface area contributed by atoms with Crippen molar-refractivity contribution in [1.82, 2.24) is 9.97 Å². The fraction of sp³-hybridized carbons (Fsp3) is 0. The van der Waals surface area contributed by atoms with Crippen molar-refractivity contribution in [1.29, 1.82) is 0 Å². The van der Waals surface area contributed by atoms with Gasteiger partial charge in [0, 0.05) is 30.2 Å². The number of nitrogens with one attached hydrogen (secondary N) is 1. The summed E-state index contributed by atoms with van der Waals surface area (Å²) < 4.78 is 38.9. The van der Waals surface area contributed by atoms with Gasteiger partial charge in [0.15, 0.2) is 23.3 Å². The minimum atomic E-state index is -1.54. The Labute approximate surface area is 111 Å². The molecule has 1 heterocycles. The largest absolute Gasteiger partial charge is 0.388 e. The highest BCUT2D eigenvalue weighted by Crippen LogP contribution is 2.21. The van der Waals surface area contributed by atoms with Gasteiger partial charge in [-0.25, -0.2) is 23.1 Å². The molecule has 1 aromatic carbocycles. The van der Waals surface area contributed by atoms with Crippen LogP contribution in [0.3, 0.4) is 0 Å². The molecule has 0 spiro atoms. The SMILES string of the molecule is NC(=S)c1nccnc1Nc1cc(F)c(F)c(F)c1. The summed E-state index contributed by atoms with van der Waals surface area (Å²) in [6, 6.07) is 1.58. The standard InChI is InChI=1S/C11H7F3N4S/c12-6-3-5(4-7(13)8(6)14)18-11-9(10(15)19)16-1-2-17-11/h1-4H,(H2,15,19)(H,17,18). The molecule has 0 aliphatic carbocycles. The molecule has 0 saturated heterocycles. The molecule has 0 fully saturated rings. The Morgan fingerprint density at radius 1 is 1.11 bits per heavy atom. The Hall–Kier alpha value is -2.22. The number of hydrogen-bond acceptors (Lipinski definition) is 4. The van der Waals surface area contributed by atoms with E-state index < -0.39 is 17.5 Å². The van der Waals surface area contributed by atoms with Crippen molar-refractivity contribution in [3.63, 3.8) is 0 Å². The zero-order chi connectivity index (χ0) is 14.0. The number of hydrogen-bond donors (Lipinski definition) is 2. The summed E-state index contributed by atoms with van der Waals surface area (Å²) in [6.07, 6.45) is 2.71. The first-order chi connectivity index (χ1) is 8.99. The molecule has 8 heteroatoms. The summed E-state index contributed by atoms with van der Waals surface area (Å²) in [6.45, 7) is 0. The highest BCUT2D eigenvalue weighted by atomic mass is 32.1. The van der Waals surface area contributed by atoms with Crippen molar-refractivity contribution >= 4 is 28.7 Å². The maximum atomic E-state index is 13.1. The highest BCUT2D eigenvalue weighted by Gasteiger charge is 2.13. The second kappa shape index (κ2) is 5.19. The molecule has 19 heavy (non-hydrogen) atoms. The van der Waals surface area contributed by atoms with Gasteiger partial charge in [0.25, 0.3) is 0 Å². The van der Waals surface area contributed by atoms with E-state index in [1.165, 1.54) is 12.4 Å². The molecule has 0 radical (unpaired) electrons. The number of rotatable bonds is 3. The first-order valence-electron chi connectivity index (χ1n) is 5.01. The van der Waals surface area contributed by atoms with E-state index >= 15 is 0 Å². The minimum Gasteiger partial charge on any atom is -0.388 e. The number of halogens is 3. The third kappa shape index (κ3) is 2.79. The van der Waals surface area contributed by atoms with Crippen molar-refractivity contribution < 1.29 is 13.2 Å². The number of thiocarbonyl (C=S) groups is 1. The summed E-state index contributed by atoms with van der Waals surface area (Å²) in [4.78, 5) is 7.75. The fourth-order valence-electron chi connectivity index (χ4n) is 1.37. The summed E-state index contributed by atoms with van der Waals surface area (Å²) in [5.74, 6) is -4.05. The first-order valence-corrected chi connectivity index (χ1v) is 5.42. The molecule has 0 atom stereocenters. The maximum Gasteiger partial charge on any atom is 0.194 e. The van der Waals surface area contributed by atoms with Crippen LogP contribution < -0.4 is 11.1 Å². The third-order valence-corrected chi connectivity index (χ3v) is 2.37. The minimum absolute atomic E-state index is 0.0290. The molecule has 0 saturated carbocycles. The van der Waals surface area contributed by atoms with Gasteiger partial charge in [0.05, 0.1) is 0 Å². The van der Waals surface area contributed by atoms with Crippen LogP contribution in [0.1, 0.15) is 5.69 Å². The number of anilines is 2. The molecule has 98 valence electrons. The zero-order valence-electron chi connectivity index (χ0n) is 9.32. The van der Waals surface area contributed by atoms with Crippen molar-refractivity contribution in [3.8, 4) is 0 Å². The molecule has 0 aliphatic rings. The van der Waals surface area contributed by atoms with Crippen molar-refractivity contribution in [2.45, 2.75) is 0 Å². The molecular formula is C11H7F3N4S. The van der Waals surface area contributed by atoms with E-state index in [4.69, 9.17) is 18.0 Å². The lowest BCUT2D eigenvalue weighted by molar-refractivity contribution is 0.448. The van der Waals surface area contributed by atoms with Crippen LogP contribution in [-0.4, -0.2) is 15.0 Å². The zero-order valence-corrected chi connectivity index (χ0v) is 10.1. The smallest absolute Gasteiger partial charge is 0.194 e. The van der Waals surface area contributed by atoms with Gasteiger partial charge in [-0.05, 0) is 0 Å². The quantitative estimate of drug-likeness (QED) is 0.668. The van der Waals surface area contributed by atoms with Gasteiger partial charge in [-0.1, -0.05) is 12.2 Å². The Morgan fingerprint density at radius 2 is 1.68 bits per heavy atom. The molecule has 4 nitrogen and oxygen atoms in total. The molecular weight excluding hydrogens is 277 g/mol. The van der Waals surface area contributed by atoms with Crippen LogP contribution in [0.15, 0.2) is 24.5 Å². The number of nitrogens with zero attached hydrogens (tertiary/aromatic N) is 2. The first kappa shape index (κ1) is 13.2. The predicted octanol–water partition coefficient (Wildman–Crippen LogP) is 2.27. The normalized spacial score (nSPS) is 10.3. The van der Waals surface area contributed by atoms with Gasteiger partial charge in [-0.3, -0.25) is 0 Å². The second-order valence-electron chi connectivity index (χ2n) is 3.50. The van der Waals surface area contributed by atoms with E-state index in [1.54, 1.807) is 0 Å². The molecule has 2 rings (SSSR count). The van der Waals surface area contributed by atoms with E-state index in [2.05, 4.69) is 15.3 Å². The van der Waals surface area contributed by atoms with Gasteiger partial charge in [-0.2, -0.15) is 0 Å². The lowest BCUT2D eigenvalue weighted by Gasteiger charge is -2.09. The number of benzene rings is 1. The molecule has 1 aromatic heterocycles. The van der Waals surface area contributed by atoms with E-state index in [0.717, 1.165) is 12.1 Å². The number of nitrogens with two attached hydrogens (primary N) is 1. The summed E-state index contributed by atoms with van der Waals surface area (Å²) in [7, 11) is 0. The van der Waals surface area contributed by atoms with Gasteiger partial charge in [0.2, 0.25) is 0 Å². The lowest BCUT2D eigenvalue weighted by Crippen LogP contribution is -2.15. The molecule has 0 bridgehead atoms. The van der Waals surface area contributed by atoms with Crippen LogP contribution >= 0.6 is 12.2 Å². The van der Waals surface area contributed by atoms with Gasteiger partial charge in [-0.15, -0.1) is 0 Å². The fourth-order valence-corrected chi connectivity index (χ4v) is 1.52. The van der Waals surface area contributed by atoms with Crippen LogP contribution in [0.2, 0.25) is 0 Å². The van der Waals surface area contributed by atoms with E-state index in [9.17, 15) is 13.2 Å². The van der Waals surface area contributed by atoms with Crippen LogP contribution in [-0.2, 0) is 0 Å². The van der Waals surface area contributed by atoms with Gasteiger partial charge < -0.3 is 11.1 Å². The summed E-state index contributed by atoms with van der Waals surface area (Å²) in [5.41, 5.74) is 5.57. The van der Waals surface area contributed by atoms with Crippen molar-refractivity contribution in [2.75, 3.05) is 5.32 Å². The molecule has 0 aliphatic heterocycles. The summed E-state index contributed by atoms with van der Waals surface area (Å²) in [5, 5.41) is 2.57. The van der Waals surface area contributed by atoms with Crippen LogP contribution in [0.25, 0.3) is 0 Å². The molecule has 3 N–H and O–H groups in total. The molecule has 0 amide bonds. The van der Waals surface area contributed by atoms with Crippen LogP contribution in [0.4, 0.5) is 24.7 Å². The Balaban J connectivity index is 2.39. The van der Waals surface area contributed by atoms with Gasteiger partial charge in [0.1, 0.15) is 10.7 Å². The highest BCUT2D eigenvalue weighted by molar-refractivity contribution is 7.80. The van der Waals surface area contributed by atoms with Crippen molar-refractivity contribution in [3.05, 3.63) is 47.7 Å². The Bertz CT molecular complexity index is 625. The third-order valence-electron chi connectivity index (χ3n) is 2.18. The Morgan fingerprint density at radius 3 is 2.26 bits per heavy atom. The monoisotopic (exact) mass is 284 g/mol. The van der Waals surface area contributed by atoms with Crippen LogP contribution in [0, 0.1) is 17.5 Å². The molecule has 2 aromatic rings. The predicted molar refractivity (Wildman–Crippen MR) is 67.5 cm³/mol. The Kier molecular flexibility index (Phi) is 3.61. The van der Waals surface area contributed by atoms with E-state index in [0.29, 0.717) is 0 Å². The molecule has 0 unspecified atom stereocenters. The topological polar surface area (TPSA) is 63.8 Å². The van der Waals surface area contributed by atoms with E-state index in [1.807, 2.05) is 0 Å². The van der Waals surface area contributed by atoms with E-state index in [-0.39, 0.29) is 22.2 Å². The summed E-state index contributed by atoms with van der Waals surface area (Å²) >= 11 is 4.77. The van der Waals surface area contributed by atoms with Crippen molar-refractivity contribution in [2.24, 2.45) is 5.73 Å².